The number of aliphatic carboxylic acids is 1. The molecule has 2 aliphatic heterocycles. The number of aryl methyl sites for hydroxylation is 3. The van der Waals surface area contributed by atoms with Gasteiger partial charge in [0.05, 0.1) is 12.7 Å². The van der Waals surface area contributed by atoms with Gasteiger partial charge in [-0.15, -0.1) is 0 Å². The molecule has 6 heteroatoms. The van der Waals surface area contributed by atoms with Gasteiger partial charge in [-0.1, -0.05) is 30.3 Å². The van der Waals surface area contributed by atoms with Crippen LogP contribution in [0.4, 0.5) is 0 Å². The molecule has 1 aromatic heterocycles. The van der Waals surface area contributed by atoms with E-state index in [4.69, 9.17) is 14.5 Å². The number of benzene rings is 1. The van der Waals surface area contributed by atoms with Gasteiger partial charge in [0.15, 0.2) is 0 Å². The Kier molecular flexibility index (Phi) is 8.67. The number of fused-ring (bicyclic) bond motifs is 1. The van der Waals surface area contributed by atoms with Crippen LogP contribution in [0.25, 0.3) is 0 Å². The van der Waals surface area contributed by atoms with Gasteiger partial charge in [0.25, 0.3) is 0 Å². The van der Waals surface area contributed by atoms with Crippen LogP contribution >= 0.6 is 0 Å². The Hall–Kier alpha value is -2.28. The molecule has 0 bridgehead atoms. The third kappa shape index (κ3) is 6.16. The molecule has 0 radical (unpaired) electrons. The largest absolute Gasteiger partial charge is 0.480 e. The Morgan fingerprint density at radius 3 is 2.86 bits per heavy atom. The summed E-state index contributed by atoms with van der Waals surface area (Å²) in [5.74, 6) is -0.506. The number of hydrogen-bond acceptors (Lipinski definition) is 5. The monoisotopic (exact) mass is 492 g/mol. The van der Waals surface area contributed by atoms with Crippen LogP contribution in [0, 0.1) is 0 Å². The molecule has 0 spiro atoms. The molecule has 2 unspecified atom stereocenters. The van der Waals surface area contributed by atoms with Gasteiger partial charge < -0.3 is 14.6 Å². The lowest BCUT2D eigenvalue weighted by atomic mass is 9.87. The zero-order chi connectivity index (χ0) is 24.7. The average molecular weight is 493 g/mol. The molecule has 194 valence electrons. The van der Waals surface area contributed by atoms with E-state index in [0.717, 1.165) is 75.8 Å². The molecule has 36 heavy (non-hydrogen) atoms. The lowest BCUT2D eigenvalue weighted by Crippen LogP contribution is -2.34. The highest BCUT2D eigenvalue weighted by molar-refractivity contribution is 5.76. The molecule has 6 nitrogen and oxygen atoms in total. The lowest BCUT2D eigenvalue weighted by molar-refractivity contribution is -0.143. The van der Waals surface area contributed by atoms with Crippen molar-refractivity contribution in [2.45, 2.75) is 82.3 Å². The summed E-state index contributed by atoms with van der Waals surface area (Å²) in [4.78, 5) is 19.4. The van der Waals surface area contributed by atoms with E-state index in [1.807, 2.05) is 18.2 Å². The van der Waals surface area contributed by atoms with Gasteiger partial charge in [-0.3, -0.25) is 14.7 Å². The van der Waals surface area contributed by atoms with Crippen molar-refractivity contribution in [1.29, 1.82) is 0 Å². The first kappa shape index (κ1) is 25.4. The van der Waals surface area contributed by atoms with E-state index in [0.29, 0.717) is 13.2 Å². The number of pyridine rings is 1. The number of unbranched alkanes of at least 4 members (excludes halogenated alkanes) is 1. The number of nitrogens with zero attached hydrogens (tertiary/aromatic N) is 2. The topological polar surface area (TPSA) is 71.9 Å². The molecule has 1 aromatic carbocycles. The summed E-state index contributed by atoms with van der Waals surface area (Å²) in [5, 5.41) is 10.2. The van der Waals surface area contributed by atoms with Crippen LogP contribution in [0.1, 0.15) is 85.0 Å². The van der Waals surface area contributed by atoms with E-state index in [9.17, 15) is 9.90 Å². The van der Waals surface area contributed by atoms with Crippen molar-refractivity contribution in [2.24, 2.45) is 0 Å². The number of hydrogen-bond donors (Lipinski definition) is 1. The lowest BCUT2D eigenvalue weighted by Gasteiger charge is -2.30. The van der Waals surface area contributed by atoms with Crippen LogP contribution in [0.15, 0.2) is 36.4 Å². The van der Waals surface area contributed by atoms with Crippen molar-refractivity contribution in [2.75, 3.05) is 32.9 Å². The number of carboxylic acids is 1. The number of carboxylic acid groups (broad SMARTS) is 1. The van der Waals surface area contributed by atoms with Gasteiger partial charge in [-0.05, 0) is 87.0 Å². The van der Waals surface area contributed by atoms with Crippen LogP contribution < -0.4 is 0 Å². The van der Waals surface area contributed by atoms with E-state index >= 15 is 0 Å². The maximum absolute atomic E-state index is 12.4. The Morgan fingerprint density at radius 2 is 2.00 bits per heavy atom. The first-order valence-corrected chi connectivity index (χ1v) is 13.9. The first-order valence-electron chi connectivity index (χ1n) is 13.9. The van der Waals surface area contributed by atoms with Crippen LogP contribution in [-0.2, 0) is 33.5 Å². The SMILES string of the molecule is O=C(O)C(c1ccccc1C1CCCOC1)N1CC[C@@H](OCCCCc2ccc3c(n2)CCCC3)C1. The average Bonchev–Trinajstić information content (AvgIpc) is 3.37. The Balaban J connectivity index is 1.11. The molecular formula is C30H40N2O4. The van der Waals surface area contributed by atoms with Crippen molar-refractivity contribution in [3.8, 4) is 0 Å². The van der Waals surface area contributed by atoms with Gasteiger partial charge >= 0.3 is 5.97 Å². The third-order valence-electron chi connectivity index (χ3n) is 8.08. The summed E-state index contributed by atoms with van der Waals surface area (Å²) in [5.41, 5.74) is 6.00. The Morgan fingerprint density at radius 1 is 1.11 bits per heavy atom. The van der Waals surface area contributed by atoms with Crippen molar-refractivity contribution in [1.82, 2.24) is 9.88 Å². The van der Waals surface area contributed by atoms with Gasteiger partial charge in [0, 0.05) is 43.6 Å². The molecule has 2 fully saturated rings. The minimum Gasteiger partial charge on any atom is -0.480 e. The Bertz CT molecular complexity index is 1020. The molecule has 2 saturated heterocycles. The molecule has 3 heterocycles. The normalized spacial score (nSPS) is 23.3. The fourth-order valence-corrected chi connectivity index (χ4v) is 6.15. The molecule has 3 aliphatic rings. The standard InChI is InChI=1S/C30H40N2O4/c33-30(34)29(27-12-3-2-11-26(27)23-9-7-18-35-21-23)32-17-16-25(20-32)36-19-6-5-10-24-15-14-22-8-1-4-13-28(22)31-24/h2-3,11-12,14-15,23,25,29H,1,4-10,13,16-21H2,(H,33,34)/t23?,25-,29?/m1/s1. The van der Waals surface area contributed by atoms with Crippen molar-refractivity contribution < 1.29 is 19.4 Å². The summed E-state index contributed by atoms with van der Waals surface area (Å²) < 4.78 is 11.9. The fraction of sp³-hybridized carbons (Fsp3) is 0.600. The van der Waals surface area contributed by atoms with E-state index in [-0.39, 0.29) is 12.0 Å². The number of aromatic nitrogens is 1. The van der Waals surface area contributed by atoms with Crippen LogP contribution in [0.3, 0.4) is 0 Å². The second-order valence-corrected chi connectivity index (χ2v) is 10.6. The fourth-order valence-electron chi connectivity index (χ4n) is 6.15. The van der Waals surface area contributed by atoms with Gasteiger partial charge in [0.1, 0.15) is 6.04 Å². The molecule has 3 atom stereocenters. The van der Waals surface area contributed by atoms with E-state index < -0.39 is 12.0 Å². The van der Waals surface area contributed by atoms with Crippen molar-refractivity contribution in [3.05, 3.63) is 64.5 Å². The number of rotatable bonds is 10. The predicted molar refractivity (Wildman–Crippen MR) is 139 cm³/mol. The highest BCUT2D eigenvalue weighted by Gasteiger charge is 2.36. The van der Waals surface area contributed by atoms with Crippen molar-refractivity contribution in [3.63, 3.8) is 0 Å². The van der Waals surface area contributed by atoms with Crippen molar-refractivity contribution >= 4 is 5.97 Å². The number of ether oxygens (including phenoxy) is 2. The molecular weight excluding hydrogens is 452 g/mol. The zero-order valence-electron chi connectivity index (χ0n) is 21.4. The molecule has 0 amide bonds. The minimum absolute atomic E-state index is 0.0962. The van der Waals surface area contributed by atoms with E-state index in [1.54, 1.807) is 0 Å². The maximum Gasteiger partial charge on any atom is 0.325 e. The van der Waals surface area contributed by atoms with Gasteiger partial charge in [-0.25, -0.2) is 0 Å². The molecule has 0 saturated carbocycles. The third-order valence-corrected chi connectivity index (χ3v) is 8.08. The highest BCUT2D eigenvalue weighted by atomic mass is 16.5. The smallest absolute Gasteiger partial charge is 0.325 e. The Labute approximate surface area is 215 Å². The van der Waals surface area contributed by atoms with E-state index in [1.165, 1.54) is 36.2 Å². The van der Waals surface area contributed by atoms with Crippen LogP contribution in [0.5, 0.6) is 0 Å². The number of likely N-dealkylation sites (tertiary alicyclic amines) is 1. The summed E-state index contributed by atoms with van der Waals surface area (Å²) in [6.07, 6.45) is 11.0. The molecule has 2 aromatic rings. The summed E-state index contributed by atoms with van der Waals surface area (Å²) >= 11 is 0. The van der Waals surface area contributed by atoms with Gasteiger partial charge in [-0.2, -0.15) is 0 Å². The first-order chi connectivity index (χ1) is 17.7. The maximum atomic E-state index is 12.4. The van der Waals surface area contributed by atoms with Crippen LogP contribution in [-0.4, -0.2) is 60.0 Å². The van der Waals surface area contributed by atoms with Gasteiger partial charge in [0.2, 0.25) is 0 Å². The summed E-state index contributed by atoms with van der Waals surface area (Å²) in [7, 11) is 0. The minimum atomic E-state index is -0.780. The number of carbonyl (C=O) groups is 1. The quantitative estimate of drug-likeness (QED) is 0.466. The second-order valence-electron chi connectivity index (χ2n) is 10.6. The van der Waals surface area contributed by atoms with E-state index in [2.05, 4.69) is 23.1 Å². The molecule has 1 N–H and O–H groups in total. The van der Waals surface area contributed by atoms with Crippen LogP contribution in [0.2, 0.25) is 0 Å². The summed E-state index contributed by atoms with van der Waals surface area (Å²) in [6.45, 7) is 3.61. The highest BCUT2D eigenvalue weighted by Crippen LogP contribution is 2.35. The molecule has 1 aliphatic carbocycles. The predicted octanol–water partition coefficient (Wildman–Crippen LogP) is 5.09. The zero-order valence-corrected chi connectivity index (χ0v) is 21.4. The molecule has 5 rings (SSSR count). The summed E-state index contributed by atoms with van der Waals surface area (Å²) in [6, 6.07) is 11.9. The second kappa shape index (κ2) is 12.3.